The molecule has 0 N–H and O–H groups in total. The van der Waals surface area contributed by atoms with Crippen LogP contribution in [0.1, 0.15) is 90.9 Å². The lowest BCUT2D eigenvalue weighted by Crippen LogP contribution is -1.89. The summed E-state index contributed by atoms with van der Waals surface area (Å²) in [4.78, 5) is 20.8. The maximum absolute atomic E-state index is 10.6. The second-order valence-electron chi connectivity index (χ2n) is 5.32. The van der Waals surface area contributed by atoms with E-state index in [0.29, 0.717) is 11.6 Å². The highest BCUT2D eigenvalue weighted by Gasteiger charge is 2.07. The molecule has 1 saturated carbocycles. The van der Waals surface area contributed by atoms with Crippen LogP contribution in [0.4, 0.5) is 0 Å². The molecule has 2 nitrogen and oxygen atoms in total. The Morgan fingerprint density at radius 1 is 0.944 bits per heavy atom. The van der Waals surface area contributed by atoms with E-state index in [-0.39, 0.29) is 0 Å². The zero-order valence-electron chi connectivity index (χ0n) is 12.3. The molecule has 0 radical (unpaired) electrons. The lowest BCUT2D eigenvalue weighted by atomic mass is 10.1. The molecule has 0 saturated heterocycles. The molecular weight excluding hydrogens is 224 g/mol. The standard InChI is InChI=1S/C11H22O.C5H8O/c1-3-4-5-6-7-8-9-10-11(2)12;6-5-3-1-2-4-5/h3-10H2,1-2H3;1-4H2. The molecule has 0 atom stereocenters. The van der Waals surface area contributed by atoms with E-state index in [1.165, 1.54) is 38.5 Å². The van der Waals surface area contributed by atoms with Crippen LogP contribution in [0.15, 0.2) is 0 Å². The van der Waals surface area contributed by atoms with Crippen LogP contribution < -0.4 is 0 Å². The van der Waals surface area contributed by atoms with E-state index in [2.05, 4.69) is 6.92 Å². The number of hydrogen-bond donors (Lipinski definition) is 0. The molecule has 1 aliphatic carbocycles. The number of carbonyl (C=O) groups is 2. The first-order chi connectivity index (χ1) is 8.66. The van der Waals surface area contributed by atoms with E-state index >= 15 is 0 Å². The van der Waals surface area contributed by atoms with Gasteiger partial charge in [0, 0.05) is 19.3 Å². The average molecular weight is 254 g/mol. The first-order valence-corrected chi connectivity index (χ1v) is 7.68. The quantitative estimate of drug-likeness (QED) is 0.580. The van der Waals surface area contributed by atoms with Gasteiger partial charge in [0.05, 0.1) is 0 Å². The Balaban J connectivity index is 0.000000397. The minimum absolute atomic E-state index is 0.337. The van der Waals surface area contributed by atoms with Gasteiger partial charge in [0.25, 0.3) is 0 Å². The Labute approximate surface area is 113 Å². The number of rotatable bonds is 8. The summed E-state index contributed by atoms with van der Waals surface area (Å²) in [6, 6.07) is 0. The van der Waals surface area contributed by atoms with Gasteiger partial charge < -0.3 is 4.79 Å². The van der Waals surface area contributed by atoms with Crippen LogP contribution in [0.5, 0.6) is 0 Å². The summed E-state index contributed by atoms with van der Waals surface area (Å²) in [5, 5.41) is 0. The first kappa shape index (κ1) is 17.3. The number of carbonyl (C=O) groups excluding carboxylic acids is 2. The van der Waals surface area contributed by atoms with E-state index < -0.39 is 0 Å². The highest BCUT2D eigenvalue weighted by Crippen LogP contribution is 2.11. The molecule has 0 aromatic rings. The van der Waals surface area contributed by atoms with Crippen LogP contribution in [0, 0.1) is 0 Å². The molecule has 0 aromatic carbocycles. The number of Topliss-reactive ketones (excluding diaryl/α,β-unsaturated/α-hetero) is 2. The third kappa shape index (κ3) is 13.4. The topological polar surface area (TPSA) is 34.1 Å². The second kappa shape index (κ2) is 12.8. The van der Waals surface area contributed by atoms with E-state index in [1.54, 1.807) is 6.92 Å². The average Bonchev–Trinajstić information content (AvgIpc) is 2.80. The first-order valence-electron chi connectivity index (χ1n) is 7.68. The van der Waals surface area contributed by atoms with E-state index in [9.17, 15) is 9.59 Å². The number of ketones is 2. The summed E-state index contributed by atoms with van der Waals surface area (Å²) in [5.41, 5.74) is 0. The summed E-state index contributed by atoms with van der Waals surface area (Å²) in [6.45, 7) is 3.91. The van der Waals surface area contributed by atoms with Crippen molar-refractivity contribution in [1.82, 2.24) is 0 Å². The van der Waals surface area contributed by atoms with Crippen LogP contribution in [-0.2, 0) is 9.59 Å². The molecule has 0 spiro atoms. The van der Waals surface area contributed by atoms with Crippen molar-refractivity contribution in [2.45, 2.75) is 90.9 Å². The lowest BCUT2D eigenvalue weighted by molar-refractivity contribution is -0.118. The summed E-state index contributed by atoms with van der Waals surface area (Å²) in [6.07, 6.45) is 13.8. The second-order valence-corrected chi connectivity index (χ2v) is 5.32. The number of unbranched alkanes of at least 4 members (excludes halogenated alkanes) is 6. The van der Waals surface area contributed by atoms with Crippen LogP contribution in [-0.4, -0.2) is 11.6 Å². The molecule has 0 unspecified atom stereocenters. The maximum atomic E-state index is 10.6. The third-order valence-corrected chi connectivity index (χ3v) is 3.29. The third-order valence-electron chi connectivity index (χ3n) is 3.29. The maximum Gasteiger partial charge on any atom is 0.132 e. The van der Waals surface area contributed by atoms with Gasteiger partial charge in [0.2, 0.25) is 0 Å². The van der Waals surface area contributed by atoms with Crippen LogP contribution in [0.2, 0.25) is 0 Å². The zero-order chi connectivity index (χ0) is 13.6. The Kier molecular flexibility index (Phi) is 12.3. The molecule has 106 valence electrons. The molecule has 1 rings (SSSR count). The lowest BCUT2D eigenvalue weighted by Gasteiger charge is -1.98. The molecule has 1 aliphatic rings. The minimum atomic E-state index is 0.337. The van der Waals surface area contributed by atoms with Gasteiger partial charge in [-0.3, -0.25) is 4.79 Å². The smallest absolute Gasteiger partial charge is 0.132 e. The Hall–Kier alpha value is -0.660. The zero-order valence-corrected chi connectivity index (χ0v) is 12.3. The summed E-state index contributed by atoms with van der Waals surface area (Å²) < 4.78 is 0. The van der Waals surface area contributed by atoms with Crippen molar-refractivity contribution in [1.29, 1.82) is 0 Å². The largest absolute Gasteiger partial charge is 0.300 e. The van der Waals surface area contributed by atoms with Gasteiger partial charge >= 0.3 is 0 Å². The normalized spacial score (nSPS) is 14.2. The molecule has 0 amide bonds. The Morgan fingerprint density at radius 2 is 1.44 bits per heavy atom. The summed E-state index contributed by atoms with van der Waals surface area (Å²) in [7, 11) is 0. The predicted octanol–water partition coefficient (Wildman–Crippen LogP) is 4.85. The van der Waals surface area contributed by atoms with Crippen LogP contribution in [0.25, 0.3) is 0 Å². The van der Waals surface area contributed by atoms with Crippen LogP contribution in [0.3, 0.4) is 0 Å². The van der Waals surface area contributed by atoms with Crippen LogP contribution >= 0.6 is 0 Å². The molecule has 2 heteroatoms. The highest BCUT2D eigenvalue weighted by atomic mass is 16.1. The van der Waals surface area contributed by atoms with Crippen molar-refractivity contribution in [3.63, 3.8) is 0 Å². The minimum Gasteiger partial charge on any atom is -0.300 e. The number of hydrogen-bond acceptors (Lipinski definition) is 2. The van der Waals surface area contributed by atoms with Crippen molar-refractivity contribution < 1.29 is 9.59 Å². The molecule has 0 aliphatic heterocycles. The van der Waals surface area contributed by atoms with Crippen molar-refractivity contribution >= 4 is 11.6 Å². The summed E-state index contributed by atoms with van der Waals surface area (Å²) >= 11 is 0. The fraction of sp³-hybridized carbons (Fsp3) is 0.875. The predicted molar refractivity (Wildman–Crippen MR) is 76.8 cm³/mol. The van der Waals surface area contributed by atoms with E-state index in [0.717, 1.165) is 38.5 Å². The Morgan fingerprint density at radius 3 is 1.83 bits per heavy atom. The van der Waals surface area contributed by atoms with E-state index in [4.69, 9.17) is 0 Å². The van der Waals surface area contributed by atoms with Gasteiger partial charge in [-0.1, -0.05) is 45.4 Å². The molecule has 0 aromatic heterocycles. The van der Waals surface area contributed by atoms with Gasteiger partial charge in [-0.25, -0.2) is 0 Å². The molecule has 0 bridgehead atoms. The van der Waals surface area contributed by atoms with E-state index in [1.807, 2.05) is 0 Å². The van der Waals surface area contributed by atoms with Gasteiger partial charge in [-0.05, 0) is 26.2 Å². The molecular formula is C16H30O2. The van der Waals surface area contributed by atoms with Crippen molar-refractivity contribution in [3.8, 4) is 0 Å². The van der Waals surface area contributed by atoms with Gasteiger partial charge in [-0.15, -0.1) is 0 Å². The fourth-order valence-corrected chi connectivity index (χ4v) is 2.10. The van der Waals surface area contributed by atoms with Gasteiger partial charge in [-0.2, -0.15) is 0 Å². The molecule has 0 heterocycles. The van der Waals surface area contributed by atoms with Crippen molar-refractivity contribution in [2.24, 2.45) is 0 Å². The summed E-state index contributed by atoms with van der Waals surface area (Å²) in [5.74, 6) is 0.790. The van der Waals surface area contributed by atoms with Gasteiger partial charge in [0.15, 0.2) is 0 Å². The molecule has 18 heavy (non-hydrogen) atoms. The SMILES string of the molecule is CCCCCCCCCC(C)=O.O=C1CCCC1. The highest BCUT2D eigenvalue weighted by molar-refractivity contribution is 5.80. The van der Waals surface area contributed by atoms with Crippen molar-refractivity contribution in [2.75, 3.05) is 0 Å². The fourth-order valence-electron chi connectivity index (χ4n) is 2.10. The monoisotopic (exact) mass is 254 g/mol. The molecule has 1 fully saturated rings. The van der Waals surface area contributed by atoms with Crippen molar-refractivity contribution in [3.05, 3.63) is 0 Å². The van der Waals surface area contributed by atoms with Gasteiger partial charge in [0.1, 0.15) is 11.6 Å². The Bertz CT molecular complexity index is 213.